The minimum Gasteiger partial charge on any atom is -0.383 e. The zero-order valence-corrected chi connectivity index (χ0v) is 10.3. The molecular formula is C9H15N3O4S. The molecule has 0 aliphatic carbocycles. The number of methoxy groups -OCH3 is 1. The highest BCUT2D eigenvalue weighted by Gasteiger charge is 2.29. The Morgan fingerprint density at radius 3 is 2.71 bits per heavy atom. The maximum absolute atomic E-state index is 11.2. The van der Waals surface area contributed by atoms with Crippen molar-refractivity contribution in [3.05, 3.63) is 0 Å². The smallest absolute Gasteiger partial charge is 0.314 e. The average Bonchev–Trinajstić information content (AvgIpc) is 2.61. The number of hydrogen-bond donors (Lipinski definition) is 2. The normalized spacial score (nSPS) is 15.2. The molecule has 17 heavy (non-hydrogen) atoms. The first kappa shape index (κ1) is 13.8. The molecule has 1 saturated heterocycles. The average molecular weight is 261 g/mol. The molecule has 96 valence electrons. The fourth-order valence-electron chi connectivity index (χ4n) is 1.21. The lowest BCUT2D eigenvalue weighted by Gasteiger charge is -2.13. The van der Waals surface area contributed by atoms with E-state index in [0.29, 0.717) is 13.2 Å². The van der Waals surface area contributed by atoms with Crippen molar-refractivity contribution in [3.8, 4) is 0 Å². The highest BCUT2D eigenvalue weighted by molar-refractivity contribution is 8.14. The van der Waals surface area contributed by atoms with Gasteiger partial charge in [-0.2, -0.15) is 0 Å². The van der Waals surface area contributed by atoms with E-state index in [2.05, 4.69) is 10.6 Å². The Bertz CT molecular complexity index is 295. The first-order chi connectivity index (χ1) is 8.15. The SMILES string of the molecule is COCCNC(=O)NCCN1C(=O)CSC1=O. The third-order valence-corrected chi connectivity index (χ3v) is 2.91. The Hall–Kier alpha value is -1.28. The minimum atomic E-state index is -0.339. The molecule has 1 fully saturated rings. The predicted molar refractivity (Wildman–Crippen MR) is 62.8 cm³/mol. The van der Waals surface area contributed by atoms with Gasteiger partial charge in [0.1, 0.15) is 0 Å². The molecule has 1 aliphatic heterocycles. The third-order valence-electron chi connectivity index (χ3n) is 2.05. The number of carbonyl (C=O) groups excluding carboxylic acids is 3. The van der Waals surface area contributed by atoms with E-state index in [1.165, 1.54) is 0 Å². The monoisotopic (exact) mass is 261 g/mol. The van der Waals surface area contributed by atoms with Crippen LogP contribution in [-0.2, 0) is 9.53 Å². The molecule has 1 heterocycles. The molecule has 0 radical (unpaired) electrons. The molecule has 0 unspecified atom stereocenters. The van der Waals surface area contributed by atoms with Crippen molar-refractivity contribution < 1.29 is 19.1 Å². The predicted octanol–water partition coefficient (Wildman–Crippen LogP) is -0.373. The van der Waals surface area contributed by atoms with Crippen molar-refractivity contribution in [2.75, 3.05) is 39.1 Å². The van der Waals surface area contributed by atoms with Gasteiger partial charge < -0.3 is 15.4 Å². The van der Waals surface area contributed by atoms with Crippen LogP contribution in [0, 0.1) is 0 Å². The summed E-state index contributed by atoms with van der Waals surface area (Å²) in [6.45, 7) is 1.31. The van der Waals surface area contributed by atoms with Gasteiger partial charge in [-0.1, -0.05) is 11.8 Å². The molecule has 1 aliphatic rings. The molecule has 7 nitrogen and oxygen atoms in total. The summed E-state index contributed by atoms with van der Waals surface area (Å²) in [5, 5.41) is 4.86. The summed E-state index contributed by atoms with van der Waals surface area (Å²) < 4.78 is 4.76. The van der Waals surface area contributed by atoms with Crippen LogP contribution < -0.4 is 10.6 Å². The highest BCUT2D eigenvalue weighted by atomic mass is 32.2. The van der Waals surface area contributed by atoms with Gasteiger partial charge in [-0.15, -0.1) is 0 Å². The number of hydrogen-bond acceptors (Lipinski definition) is 5. The number of carbonyl (C=O) groups is 3. The van der Waals surface area contributed by atoms with Crippen molar-refractivity contribution in [2.24, 2.45) is 0 Å². The van der Waals surface area contributed by atoms with Crippen molar-refractivity contribution >= 4 is 28.9 Å². The standard InChI is InChI=1S/C9H15N3O4S/c1-16-5-3-11-8(14)10-2-4-12-7(13)6-17-9(12)15/h2-6H2,1H3,(H2,10,11,14). The van der Waals surface area contributed by atoms with E-state index < -0.39 is 0 Å². The maximum atomic E-state index is 11.2. The van der Waals surface area contributed by atoms with Gasteiger partial charge in [-0.3, -0.25) is 14.5 Å². The van der Waals surface area contributed by atoms with Gasteiger partial charge in [0.15, 0.2) is 0 Å². The third kappa shape index (κ3) is 4.61. The molecule has 0 aromatic rings. The van der Waals surface area contributed by atoms with E-state index in [1.807, 2.05) is 0 Å². The van der Waals surface area contributed by atoms with Crippen LogP contribution in [0.5, 0.6) is 0 Å². The Labute approximate surface area is 103 Å². The van der Waals surface area contributed by atoms with E-state index in [0.717, 1.165) is 16.7 Å². The lowest BCUT2D eigenvalue weighted by atomic mass is 10.5. The van der Waals surface area contributed by atoms with Crippen LogP contribution in [0.2, 0.25) is 0 Å². The first-order valence-corrected chi connectivity index (χ1v) is 6.11. The van der Waals surface area contributed by atoms with Gasteiger partial charge in [-0.25, -0.2) is 4.79 Å². The van der Waals surface area contributed by atoms with Crippen molar-refractivity contribution in [1.29, 1.82) is 0 Å². The number of ether oxygens (including phenoxy) is 1. The molecule has 2 N–H and O–H groups in total. The molecule has 4 amide bonds. The van der Waals surface area contributed by atoms with Crippen LogP contribution in [0.4, 0.5) is 9.59 Å². The second kappa shape index (κ2) is 7.13. The quantitative estimate of drug-likeness (QED) is 0.637. The van der Waals surface area contributed by atoms with E-state index in [9.17, 15) is 14.4 Å². The van der Waals surface area contributed by atoms with Gasteiger partial charge in [0.25, 0.3) is 5.24 Å². The van der Waals surface area contributed by atoms with Crippen LogP contribution in [0.25, 0.3) is 0 Å². The van der Waals surface area contributed by atoms with E-state index in [-0.39, 0.29) is 36.0 Å². The summed E-state index contributed by atoms with van der Waals surface area (Å²) in [4.78, 5) is 34.7. The van der Waals surface area contributed by atoms with Gasteiger partial charge in [-0.05, 0) is 0 Å². The summed E-state index contributed by atoms with van der Waals surface area (Å²) >= 11 is 0.982. The number of nitrogens with zero attached hydrogens (tertiary/aromatic N) is 1. The molecule has 8 heteroatoms. The fourth-order valence-corrected chi connectivity index (χ4v) is 1.96. The Balaban J connectivity index is 2.12. The van der Waals surface area contributed by atoms with Crippen LogP contribution in [0.1, 0.15) is 0 Å². The number of amides is 4. The molecule has 0 atom stereocenters. The van der Waals surface area contributed by atoms with Crippen LogP contribution >= 0.6 is 11.8 Å². The van der Waals surface area contributed by atoms with Crippen molar-refractivity contribution in [2.45, 2.75) is 0 Å². The lowest BCUT2D eigenvalue weighted by Crippen LogP contribution is -2.42. The summed E-state index contributed by atoms with van der Waals surface area (Å²) in [6, 6.07) is -0.339. The highest BCUT2D eigenvalue weighted by Crippen LogP contribution is 2.17. The molecule has 0 aromatic heterocycles. The van der Waals surface area contributed by atoms with Gasteiger partial charge >= 0.3 is 6.03 Å². The number of urea groups is 1. The molecule has 0 spiro atoms. The Kier molecular flexibility index (Phi) is 5.78. The van der Waals surface area contributed by atoms with Crippen LogP contribution in [-0.4, -0.2) is 61.2 Å². The lowest BCUT2D eigenvalue weighted by molar-refractivity contribution is -0.124. The summed E-state index contributed by atoms with van der Waals surface area (Å²) in [7, 11) is 1.54. The van der Waals surface area contributed by atoms with E-state index >= 15 is 0 Å². The summed E-state index contributed by atoms with van der Waals surface area (Å²) in [5.74, 6) is -0.0135. The van der Waals surface area contributed by atoms with Gasteiger partial charge in [0.2, 0.25) is 5.91 Å². The Morgan fingerprint density at radius 2 is 2.12 bits per heavy atom. The van der Waals surface area contributed by atoms with E-state index in [1.54, 1.807) is 7.11 Å². The largest absolute Gasteiger partial charge is 0.383 e. The second-order valence-corrected chi connectivity index (χ2v) is 4.20. The summed E-state index contributed by atoms with van der Waals surface area (Å²) in [6.07, 6.45) is 0. The van der Waals surface area contributed by atoms with Gasteiger partial charge in [0, 0.05) is 26.7 Å². The maximum Gasteiger partial charge on any atom is 0.314 e. The molecule has 0 saturated carbocycles. The molecule has 0 bridgehead atoms. The number of nitrogens with one attached hydrogen (secondary N) is 2. The molecule has 1 rings (SSSR count). The van der Waals surface area contributed by atoms with Crippen molar-refractivity contribution in [1.82, 2.24) is 15.5 Å². The minimum absolute atomic E-state index is 0.193. The van der Waals surface area contributed by atoms with Gasteiger partial charge in [0.05, 0.1) is 12.4 Å². The zero-order valence-electron chi connectivity index (χ0n) is 9.52. The number of imide groups is 1. The second-order valence-electron chi connectivity index (χ2n) is 3.28. The van der Waals surface area contributed by atoms with Crippen molar-refractivity contribution in [3.63, 3.8) is 0 Å². The van der Waals surface area contributed by atoms with Crippen LogP contribution in [0.3, 0.4) is 0 Å². The van der Waals surface area contributed by atoms with E-state index in [4.69, 9.17) is 4.74 Å². The first-order valence-electron chi connectivity index (χ1n) is 5.13. The summed E-state index contributed by atoms with van der Waals surface area (Å²) in [5.41, 5.74) is 0. The number of thioether (sulfide) groups is 1. The topological polar surface area (TPSA) is 87.7 Å². The number of rotatable bonds is 6. The molecular weight excluding hydrogens is 246 g/mol. The zero-order chi connectivity index (χ0) is 12.7. The fraction of sp³-hybridized carbons (Fsp3) is 0.667. The molecule has 0 aromatic carbocycles. The Morgan fingerprint density at radius 1 is 1.41 bits per heavy atom. The van der Waals surface area contributed by atoms with Crippen LogP contribution in [0.15, 0.2) is 0 Å².